The van der Waals surface area contributed by atoms with E-state index in [2.05, 4.69) is 16.8 Å². The maximum Gasteiger partial charge on any atom is 0.298 e. The number of hydrogen-bond acceptors (Lipinski definition) is 5. The SMILES string of the molecule is CCC1CN(c2nc3ccc(N)cc3o2)CCO1. The van der Waals surface area contributed by atoms with E-state index < -0.39 is 0 Å². The van der Waals surface area contributed by atoms with Crippen molar-refractivity contribution in [1.82, 2.24) is 4.98 Å². The van der Waals surface area contributed by atoms with Gasteiger partial charge in [0.15, 0.2) is 5.58 Å². The van der Waals surface area contributed by atoms with E-state index in [0.29, 0.717) is 11.7 Å². The number of nitrogens with two attached hydrogens (primary N) is 1. The minimum atomic E-state index is 0.263. The second kappa shape index (κ2) is 4.49. The van der Waals surface area contributed by atoms with E-state index in [1.807, 2.05) is 18.2 Å². The average Bonchev–Trinajstić information content (AvgIpc) is 2.81. The van der Waals surface area contributed by atoms with Gasteiger partial charge >= 0.3 is 0 Å². The van der Waals surface area contributed by atoms with Crippen LogP contribution in [0.3, 0.4) is 0 Å². The molecule has 2 aromatic rings. The van der Waals surface area contributed by atoms with Gasteiger partial charge in [-0.15, -0.1) is 0 Å². The number of oxazole rings is 1. The van der Waals surface area contributed by atoms with Crippen molar-refractivity contribution in [2.24, 2.45) is 0 Å². The van der Waals surface area contributed by atoms with Gasteiger partial charge in [0.05, 0.1) is 12.7 Å². The van der Waals surface area contributed by atoms with Gasteiger partial charge < -0.3 is 19.8 Å². The number of morpholine rings is 1. The van der Waals surface area contributed by atoms with Crippen molar-refractivity contribution in [1.29, 1.82) is 0 Å². The number of aromatic nitrogens is 1. The van der Waals surface area contributed by atoms with E-state index in [-0.39, 0.29) is 6.10 Å². The van der Waals surface area contributed by atoms with E-state index in [1.54, 1.807) is 0 Å². The van der Waals surface area contributed by atoms with Crippen LogP contribution in [-0.4, -0.2) is 30.8 Å². The van der Waals surface area contributed by atoms with E-state index in [4.69, 9.17) is 14.9 Å². The molecule has 18 heavy (non-hydrogen) atoms. The summed E-state index contributed by atoms with van der Waals surface area (Å²) in [7, 11) is 0. The van der Waals surface area contributed by atoms with Gasteiger partial charge in [-0.05, 0) is 18.6 Å². The first-order valence-corrected chi connectivity index (χ1v) is 6.29. The van der Waals surface area contributed by atoms with Crippen molar-refractivity contribution in [2.75, 3.05) is 30.3 Å². The van der Waals surface area contributed by atoms with Crippen molar-refractivity contribution in [3.8, 4) is 0 Å². The van der Waals surface area contributed by atoms with Crippen LogP contribution in [0.5, 0.6) is 0 Å². The van der Waals surface area contributed by atoms with E-state index >= 15 is 0 Å². The molecule has 1 atom stereocenters. The van der Waals surface area contributed by atoms with E-state index in [0.717, 1.165) is 37.2 Å². The molecule has 1 aromatic heterocycles. The summed E-state index contributed by atoms with van der Waals surface area (Å²) in [6.07, 6.45) is 1.27. The normalized spacial score (nSPS) is 20.5. The lowest BCUT2D eigenvalue weighted by atomic mass is 10.2. The Morgan fingerprint density at radius 2 is 2.39 bits per heavy atom. The Hall–Kier alpha value is -1.75. The summed E-state index contributed by atoms with van der Waals surface area (Å²) in [5.74, 6) is 0. The van der Waals surface area contributed by atoms with Gasteiger partial charge in [-0.2, -0.15) is 4.98 Å². The fourth-order valence-corrected chi connectivity index (χ4v) is 2.20. The molecule has 0 bridgehead atoms. The lowest BCUT2D eigenvalue weighted by Gasteiger charge is -2.31. The number of ether oxygens (including phenoxy) is 1. The van der Waals surface area contributed by atoms with Crippen LogP contribution in [0.25, 0.3) is 11.1 Å². The highest BCUT2D eigenvalue weighted by Gasteiger charge is 2.22. The maximum absolute atomic E-state index is 5.76. The average molecular weight is 247 g/mol. The van der Waals surface area contributed by atoms with Crippen LogP contribution in [0, 0.1) is 0 Å². The first-order chi connectivity index (χ1) is 8.76. The Morgan fingerprint density at radius 1 is 1.50 bits per heavy atom. The molecule has 1 fully saturated rings. The summed E-state index contributed by atoms with van der Waals surface area (Å²) in [6.45, 7) is 4.50. The van der Waals surface area contributed by atoms with Gasteiger partial charge in [0.2, 0.25) is 0 Å². The third-order valence-electron chi connectivity index (χ3n) is 3.27. The van der Waals surface area contributed by atoms with Gasteiger partial charge in [-0.25, -0.2) is 0 Å². The Morgan fingerprint density at radius 3 is 3.22 bits per heavy atom. The van der Waals surface area contributed by atoms with E-state index in [1.165, 1.54) is 0 Å². The Labute approximate surface area is 106 Å². The second-order valence-electron chi connectivity index (χ2n) is 4.57. The van der Waals surface area contributed by atoms with Gasteiger partial charge in [0, 0.05) is 24.8 Å². The highest BCUT2D eigenvalue weighted by molar-refractivity contribution is 5.78. The largest absolute Gasteiger partial charge is 0.423 e. The minimum Gasteiger partial charge on any atom is -0.423 e. The monoisotopic (exact) mass is 247 g/mol. The van der Waals surface area contributed by atoms with Gasteiger partial charge in [0.1, 0.15) is 5.52 Å². The standard InChI is InChI=1S/C13H17N3O2/c1-2-10-8-16(5-6-17-10)13-15-11-4-3-9(14)7-12(11)18-13/h3-4,7,10H,2,5-6,8,14H2,1H3. The molecule has 0 saturated carbocycles. The third-order valence-corrected chi connectivity index (χ3v) is 3.27. The van der Waals surface area contributed by atoms with Crippen molar-refractivity contribution in [3.05, 3.63) is 18.2 Å². The fraction of sp³-hybridized carbons (Fsp3) is 0.462. The lowest BCUT2D eigenvalue weighted by molar-refractivity contribution is 0.0368. The van der Waals surface area contributed by atoms with Crippen molar-refractivity contribution in [2.45, 2.75) is 19.4 Å². The Kier molecular flexibility index (Phi) is 2.83. The first-order valence-electron chi connectivity index (χ1n) is 6.29. The molecule has 2 N–H and O–H groups in total. The number of nitrogens with zero attached hydrogens (tertiary/aromatic N) is 2. The van der Waals surface area contributed by atoms with Crippen LogP contribution in [0.2, 0.25) is 0 Å². The number of anilines is 2. The molecule has 0 spiro atoms. The highest BCUT2D eigenvalue weighted by atomic mass is 16.5. The molecule has 3 rings (SSSR count). The molecule has 1 saturated heterocycles. The molecule has 96 valence electrons. The lowest BCUT2D eigenvalue weighted by Crippen LogP contribution is -2.42. The molecule has 0 amide bonds. The minimum absolute atomic E-state index is 0.263. The van der Waals surface area contributed by atoms with Crippen LogP contribution < -0.4 is 10.6 Å². The van der Waals surface area contributed by atoms with Crippen LogP contribution in [0.15, 0.2) is 22.6 Å². The first kappa shape index (κ1) is 11.3. The number of hydrogen-bond donors (Lipinski definition) is 1. The summed E-state index contributed by atoms with van der Waals surface area (Å²) in [5.41, 5.74) is 8.01. The highest BCUT2D eigenvalue weighted by Crippen LogP contribution is 2.25. The van der Waals surface area contributed by atoms with Crippen LogP contribution in [0.1, 0.15) is 13.3 Å². The smallest absolute Gasteiger partial charge is 0.298 e. The molecular weight excluding hydrogens is 230 g/mol. The van der Waals surface area contributed by atoms with Gasteiger partial charge in [0.25, 0.3) is 6.01 Å². The Balaban J connectivity index is 1.89. The molecule has 5 nitrogen and oxygen atoms in total. The van der Waals surface area contributed by atoms with Crippen molar-refractivity contribution < 1.29 is 9.15 Å². The number of benzene rings is 1. The summed E-state index contributed by atoms with van der Waals surface area (Å²) < 4.78 is 11.4. The summed E-state index contributed by atoms with van der Waals surface area (Å²) in [6, 6.07) is 6.19. The maximum atomic E-state index is 5.76. The number of rotatable bonds is 2. The summed E-state index contributed by atoms with van der Waals surface area (Å²) in [4.78, 5) is 6.63. The molecule has 5 heteroatoms. The fourth-order valence-electron chi connectivity index (χ4n) is 2.20. The van der Waals surface area contributed by atoms with Crippen LogP contribution >= 0.6 is 0 Å². The zero-order valence-electron chi connectivity index (χ0n) is 10.4. The van der Waals surface area contributed by atoms with Crippen LogP contribution in [0.4, 0.5) is 11.7 Å². The van der Waals surface area contributed by atoms with Crippen molar-refractivity contribution in [3.63, 3.8) is 0 Å². The summed E-state index contributed by atoms with van der Waals surface area (Å²) >= 11 is 0. The number of nitrogen functional groups attached to an aromatic ring is 1. The van der Waals surface area contributed by atoms with E-state index in [9.17, 15) is 0 Å². The van der Waals surface area contributed by atoms with Crippen molar-refractivity contribution >= 4 is 22.8 Å². The summed E-state index contributed by atoms with van der Waals surface area (Å²) in [5, 5.41) is 0. The topological polar surface area (TPSA) is 64.5 Å². The molecule has 1 unspecified atom stereocenters. The molecule has 1 aliphatic heterocycles. The molecular formula is C13H17N3O2. The molecule has 2 heterocycles. The molecule has 1 aliphatic rings. The third kappa shape index (κ3) is 2.01. The van der Waals surface area contributed by atoms with Gasteiger partial charge in [-0.1, -0.05) is 6.92 Å². The molecule has 0 radical (unpaired) electrons. The zero-order chi connectivity index (χ0) is 12.5. The predicted molar refractivity (Wildman–Crippen MR) is 70.7 cm³/mol. The predicted octanol–water partition coefficient (Wildman–Crippen LogP) is 2.03. The zero-order valence-corrected chi connectivity index (χ0v) is 10.4. The van der Waals surface area contributed by atoms with Gasteiger partial charge in [-0.3, -0.25) is 0 Å². The number of fused-ring (bicyclic) bond motifs is 1. The Bertz CT molecular complexity index is 552. The molecule has 1 aromatic carbocycles. The van der Waals surface area contributed by atoms with Crippen LogP contribution in [-0.2, 0) is 4.74 Å². The second-order valence-corrected chi connectivity index (χ2v) is 4.57. The molecule has 0 aliphatic carbocycles. The quantitative estimate of drug-likeness (QED) is 0.822.